The summed E-state index contributed by atoms with van der Waals surface area (Å²) < 4.78 is 55.4. The Bertz CT molecular complexity index is 420. The van der Waals surface area contributed by atoms with Crippen molar-refractivity contribution in [3.8, 4) is 0 Å². The second kappa shape index (κ2) is 5.03. The van der Waals surface area contributed by atoms with E-state index in [1.165, 1.54) is 19.2 Å². The lowest BCUT2D eigenvalue weighted by atomic mass is 10.1. The zero-order valence-electron chi connectivity index (χ0n) is 8.77. The summed E-state index contributed by atoms with van der Waals surface area (Å²) >= 11 is 0. The molecule has 0 aliphatic heterocycles. The molecule has 1 aromatic heterocycles. The van der Waals surface area contributed by atoms with Crippen molar-refractivity contribution in [3.05, 3.63) is 29.9 Å². The zero-order valence-corrected chi connectivity index (χ0v) is 8.77. The number of H-pyrrole nitrogens is 1. The molecular formula is C10H9F4NO2. The van der Waals surface area contributed by atoms with E-state index in [9.17, 15) is 22.4 Å². The van der Waals surface area contributed by atoms with Crippen LogP contribution >= 0.6 is 0 Å². The summed E-state index contributed by atoms with van der Waals surface area (Å²) in [4.78, 5) is 13.2. The van der Waals surface area contributed by atoms with E-state index in [1.807, 2.05) is 0 Å². The molecule has 0 fully saturated rings. The molecule has 0 aliphatic carbocycles. The normalized spacial score (nSPS) is 13.2. The summed E-state index contributed by atoms with van der Waals surface area (Å²) in [6, 6.07) is 2.28. The quantitative estimate of drug-likeness (QED) is 0.510. The predicted octanol–water partition coefficient (Wildman–Crippen LogP) is 2.82. The van der Waals surface area contributed by atoms with Crippen LogP contribution in [0.4, 0.5) is 17.6 Å². The van der Waals surface area contributed by atoms with Crippen molar-refractivity contribution in [2.75, 3.05) is 6.61 Å². The maximum absolute atomic E-state index is 13.4. The van der Waals surface area contributed by atoms with Crippen molar-refractivity contribution in [2.45, 2.75) is 13.1 Å². The average molecular weight is 251 g/mol. The van der Waals surface area contributed by atoms with E-state index in [2.05, 4.69) is 9.72 Å². The minimum absolute atomic E-state index is 0.206. The molecule has 3 nitrogen and oxygen atoms in total. The van der Waals surface area contributed by atoms with Gasteiger partial charge in [0.15, 0.2) is 0 Å². The van der Waals surface area contributed by atoms with Gasteiger partial charge in [0.1, 0.15) is 5.57 Å². The smallest absolute Gasteiger partial charge is 0.421 e. The Balaban J connectivity index is 3.24. The molecule has 1 rings (SSSR count). The Kier molecular flexibility index (Phi) is 3.93. The number of aromatic nitrogens is 1. The number of allylic oxidation sites excluding steroid dienone is 1. The highest BCUT2D eigenvalue weighted by Gasteiger charge is 2.41. The van der Waals surface area contributed by atoms with E-state index in [0.717, 1.165) is 6.07 Å². The van der Waals surface area contributed by atoms with Gasteiger partial charge in [-0.3, -0.25) is 0 Å². The number of hydrogen-bond donors (Lipinski definition) is 1. The molecule has 1 heterocycles. The topological polar surface area (TPSA) is 42.1 Å². The first-order valence-corrected chi connectivity index (χ1v) is 4.65. The van der Waals surface area contributed by atoms with Gasteiger partial charge in [-0.05, 0) is 19.1 Å². The maximum atomic E-state index is 13.4. The Morgan fingerprint density at radius 3 is 2.53 bits per heavy atom. The molecule has 0 amide bonds. The molecule has 94 valence electrons. The van der Waals surface area contributed by atoms with Crippen LogP contribution in [0.15, 0.2) is 24.2 Å². The number of carbonyl (C=O) groups is 1. The van der Waals surface area contributed by atoms with Gasteiger partial charge < -0.3 is 9.72 Å². The molecule has 17 heavy (non-hydrogen) atoms. The number of carbonyl (C=O) groups excluding carboxylic acids is 1. The molecule has 0 spiro atoms. The highest BCUT2D eigenvalue weighted by atomic mass is 19.4. The van der Waals surface area contributed by atoms with Crippen molar-refractivity contribution >= 4 is 11.5 Å². The van der Waals surface area contributed by atoms with Gasteiger partial charge in [-0.15, -0.1) is 0 Å². The van der Waals surface area contributed by atoms with Crippen LogP contribution in [-0.2, 0) is 9.53 Å². The summed E-state index contributed by atoms with van der Waals surface area (Å²) in [5.41, 5.74) is -2.19. The molecule has 1 N–H and O–H groups in total. The van der Waals surface area contributed by atoms with Crippen LogP contribution in [0, 0.1) is 0 Å². The minimum Gasteiger partial charge on any atom is -0.461 e. The number of hydrogen-bond acceptors (Lipinski definition) is 2. The van der Waals surface area contributed by atoms with Gasteiger partial charge in [0.05, 0.1) is 12.3 Å². The Labute approximate surface area is 94.1 Å². The summed E-state index contributed by atoms with van der Waals surface area (Å²) in [6.07, 6.45) is -3.79. The summed E-state index contributed by atoms with van der Waals surface area (Å²) in [5, 5.41) is 0. The van der Waals surface area contributed by atoms with Crippen molar-refractivity contribution in [1.29, 1.82) is 0 Å². The second-order valence-electron chi connectivity index (χ2n) is 2.99. The van der Waals surface area contributed by atoms with Gasteiger partial charge in [-0.1, -0.05) is 0 Å². The minimum atomic E-state index is -4.98. The first kappa shape index (κ1) is 13.3. The van der Waals surface area contributed by atoms with E-state index >= 15 is 0 Å². The van der Waals surface area contributed by atoms with Crippen LogP contribution < -0.4 is 0 Å². The fourth-order valence-electron chi connectivity index (χ4n) is 1.18. The van der Waals surface area contributed by atoms with Crippen molar-refractivity contribution in [1.82, 2.24) is 4.98 Å². The Morgan fingerprint density at radius 2 is 2.12 bits per heavy atom. The van der Waals surface area contributed by atoms with E-state index in [0.29, 0.717) is 0 Å². The van der Waals surface area contributed by atoms with Crippen LogP contribution in [0.1, 0.15) is 12.6 Å². The van der Waals surface area contributed by atoms with Gasteiger partial charge in [0.25, 0.3) is 0 Å². The number of aromatic amines is 1. The van der Waals surface area contributed by atoms with Gasteiger partial charge in [0, 0.05) is 6.20 Å². The first-order valence-electron chi connectivity index (χ1n) is 4.65. The number of ether oxygens (including phenoxy) is 1. The van der Waals surface area contributed by atoms with Gasteiger partial charge >= 0.3 is 12.1 Å². The van der Waals surface area contributed by atoms with Gasteiger partial charge in [0.2, 0.25) is 5.83 Å². The number of esters is 1. The zero-order chi connectivity index (χ0) is 13.1. The van der Waals surface area contributed by atoms with Crippen LogP contribution in [0.2, 0.25) is 0 Å². The van der Waals surface area contributed by atoms with Crippen molar-refractivity contribution < 1.29 is 27.1 Å². The molecule has 0 aliphatic rings. The molecular weight excluding hydrogens is 242 g/mol. The summed E-state index contributed by atoms with van der Waals surface area (Å²) in [5.74, 6) is -3.59. The van der Waals surface area contributed by atoms with Crippen LogP contribution in [0.25, 0.3) is 5.57 Å². The molecule has 0 bridgehead atoms. The lowest BCUT2D eigenvalue weighted by Gasteiger charge is -2.11. The standard InChI is InChI=1S/C10H9F4NO2/c1-2-17-9(16)8(11)7(10(12,13)14)6-4-3-5-15-6/h3-5,15H,2H2,1H3/b8-7+. The average Bonchev–Trinajstić information content (AvgIpc) is 2.69. The molecule has 1 aromatic rings. The summed E-state index contributed by atoms with van der Waals surface area (Å²) in [6.45, 7) is 1.16. The van der Waals surface area contributed by atoms with E-state index in [1.54, 1.807) is 0 Å². The van der Waals surface area contributed by atoms with Crippen molar-refractivity contribution in [3.63, 3.8) is 0 Å². The largest absolute Gasteiger partial charge is 0.461 e. The van der Waals surface area contributed by atoms with E-state index < -0.39 is 29.2 Å². The third-order valence-electron chi connectivity index (χ3n) is 1.82. The van der Waals surface area contributed by atoms with Crippen LogP contribution in [-0.4, -0.2) is 23.7 Å². The Morgan fingerprint density at radius 1 is 1.47 bits per heavy atom. The number of alkyl halides is 3. The predicted molar refractivity (Wildman–Crippen MR) is 51.5 cm³/mol. The molecule has 0 unspecified atom stereocenters. The van der Waals surface area contributed by atoms with E-state index in [4.69, 9.17) is 0 Å². The number of halogens is 4. The fourth-order valence-corrected chi connectivity index (χ4v) is 1.18. The lowest BCUT2D eigenvalue weighted by molar-refractivity contribution is -0.140. The number of rotatable bonds is 3. The third kappa shape index (κ3) is 3.08. The van der Waals surface area contributed by atoms with Gasteiger partial charge in [-0.25, -0.2) is 4.79 Å². The molecule has 7 heteroatoms. The monoisotopic (exact) mass is 251 g/mol. The van der Waals surface area contributed by atoms with Crippen LogP contribution in [0.3, 0.4) is 0 Å². The highest BCUT2D eigenvalue weighted by Crippen LogP contribution is 2.36. The molecule has 0 saturated heterocycles. The Hall–Kier alpha value is -1.79. The first-order chi connectivity index (χ1) is 7.88. The molecule has 0 aromatic carbocycles. The molecule has 0 saturated carbocycles. The summed E-state index contributed by atoms with van der Waals surface area (Å²) in [7, 11) is 0. The SMILES string of the molecule is CCOC(=O)/C(F)=C(/c1ccc[nH]1)C(F)(F)F. The lowest BCUT2D eigenvalue weighted by Crippen LogP contribution is -2.17. The molecule has 0 atom stereocenters. The maximum Gasteiger partial charge on any atom is 0.421 e. The van der Waals surface area contributed by atoms with E-state index in [-0.39, 0.29) is 6.61 Å². The second-order valence-corrected chi connectivity index (χ2v) is 2.99. The third-order valence-corrected chi connectivity index (χ3v) is 1.82. The fraction of sp³-hybridized carbons (Fsp3) is 0.300. The number of nitrogens with one attached hydrogen (secondary N) is 1. The highest BCUT2D eigenvalue weighted by molar-refractivity contribution is 5.96. The van der Waals surface area contributed by atoms with Crippen LogP contribution in [0.5, 0.6) is 0 Å². The van der Waals surface area contributed by atoms with Crippen molar-refractivity contribution in [2.24, 2.45) is 0 Å². The van der Waals surface area contributed by atoms with Gasteiger partial charge in [-0.2, -0.15) is 17.6 Å². The molecule has 0 radical (unpaired) electrons.